The lowest BCUT2D eigenvalue weighted by atomic mass is 10.1. The van der Waals surface area contributed by atoms with E-state index in [9.17, 15) is 4.79 Å². The van der Waals surface area contributed by atoms with Crippen molar-refractivity contribution in [2.45, 2.75) is 117 Å². The fraction of sp³-hybridized carbons (Fsp3) is 0.962. The lowest BCUT2D eigenvalue weighted by Crippen LogP contribution is -2.14. The molecule has 0 aromatic rings. The van der Waals surface area contributed by atoms with Crippen LogP contribution in [0.1, 0.15) is 117 Å². The van der Waals surface area contributed by atoms with Gasteiger partial charge in [-0.05, 0) is 12.8 Å². The Labute approximate surface area is 192 Å². The second-order valence-corrected chi connectivity index (χ2v) is 8.40. The molecule has 186 valence electrons. The molecular formula is C26H52O5. The molecule has 0 bridgehead atoms. The Morgan fingerprint density at radius 3 is 1.35 bits per heavy atom. The van der Waals surface area contributed by atoms with Crippen LogP contribution in [0.4, 0.5) is 0 Å². The average molecular weight is 445 g/mol. The highest BCUT2D eigenvalue weighted by atomic mass is 16.6. The number of ether oxygens (including phenoxy) is 4. The van der Waals surface area contributed by atoms with Crippen molar-refractivity contribution in [2.24, 2.45) is 0 Å². The average Bonchev–Trinajstić information content (AvgIpc) is 2.77. The van der Waals surface area contributed by atoms with E-state index in [1.807, 2.05) is 0 Å². The summed E-state index contributed by atoms with van der Waals surface area (Å²) < 4.78 is 21.7. The number of unbranched alkanes of at least 4 members (excludes halogenated alkanes) is 13. The molecule has 0 saturated heterocycles. The third-order valence-electron chi connectivity index (χ3n) is 5.36. The van der Waals surface area contributed by atoms with E-state index >= 15 is 0 Å². The molecule has 0 aliphatic carbocycles. The van der Waals surface area contributed by atoms with Gasteiger partial charge in [0.2, 0.25) is 0 Å². The van der Waals surface area contributed by atoms with Crippen LogP contribution in [0.25, 0.3) is 0 Å². The number of hydrogen-bond donors (Lipinski definition) is 0. The SMILES string of the molecule is CCCCCCCCCCOCCOCCOCCOC(=O)CCCCCCCCC. The summed E-state index contributed by atoms with van der Waals surface area (Å²) in [7, 11) is 0. The van der Waals surface area contributed by atoms with Gasteiger partial charge in [-0.3, -0.25) is 4.79 Å². The molecule has 0 radical (unpaired) electrons. The van der Waals surface area contributed by atoms with Crippen molar-refractivity contribution < 1.29 is 23.7 Å². The Bertz CT molecular complexity index is 349. The minimum absolute atomic E-state index is 0.109. The number of rotatable bonds is 26. The summed E-state index contributed by atoms with van der Waals surface area (Å²) in [6.07, 6.45) is 19.6. The zero-order valence-electron chi connectivity index (χ0n) is 20.8. The molecular weight excluding hydrogens is 392 g/mol. The van der Waals surface area contributed by atoms with Crippen molar-refractivity contribution in [1.29, 1.82) is 0 Å². The lowest BCUT2D eigenvalue weighted by Gasteiger charge is -2.08. The molecule has 0 fully saturated rings. The third-order valence-corrected chi connectivity index (χ3v) is 5.36. The van der Waals surface area contributed by atoms with Crippen LogP contribution in [-0.2, 0) is 23.7 Å². The smallest absolute Gasteiger partial charge is 0.305 e. The molecule has 0 N–H and O–H groups in total. The van der Waals surface area contributed by atoms with E-state index < -0.39 is 0 Å². The summed E-state index contributed by atoms with van der Waals surface area (Å²) in [4.78, 5) is 11.6. The largest absolute Gasteiger partial charge is 0.463 e. The first-order valence-corrected chi connectivity index (χ1v) is 13.2. The van der Waals surface area contributed by atoms with Gasteiger partial charge in [0.25, 0.3) is 0 Å². The van der Waals surface area contributed by atoms with Crippen LogP contribution in [0.3, 0.4) is 0 Å². The van der Waals surface area contributed by atoms with Gasteiger partial charge in [0.1, 0.15) is 6.61 Å². The highest BCUT2D eigenvalue weighted by molar-refractivity contribution is 5.69. The van der Waals surface area contributed by atoms with Gasteiger partial charge in [-0.2, -0.15) is 0 Å². The van der Waals surface area contributed by atoms with Crippen molar-refractivity contribution in [3.63, 3.8) is 0 Å². The number of esters is 1. The molecule has 0 aliphatic rings. The van der Waals surface area contributed by atoms with Crippen LogP contribution in [0, 0.1) is 0 Å². The van der Waals surface area contributed by atoms with Crippen LogP contribution >= 0.6 is 0 Å². The standard InChI is InChI=1S/C26H52O5/c1-3-5-7-9-11-13-15-17-19-28-20-21-29-22-23-30-24-25-31-26(27)18-16-14-12-10-8-6-4-2/h3-25H2,1-2H3. The van der Waals surface area contributed by atoms with Gasteiger partial charge in [-0.25, -0.2) is 0 Å². The van der Waals surface area contributed by atoms with Crippen molar-refractivity contribution in [3.8, 4) is 0 Å². The molecule has 0 aromatic carbocycles. The molecule has 0 aliphatic heterocycles. The van der Waals surface area contributed by atoms with E-state index in [4.69, 9.17) is 18.9 Å². The van der Waals surface area contributed by atoms with E-state index in [0.717, 1.165) is 25.9 Å². The van der Waals surface area contributed by atoms with Crippen molar-refractivity contribution in [2.75, 3.05) is 46.2 Å². The van der Waals surface area contributed by atoms with Crippen molar-refractivity contribution in [1.82, 2.24) is 0 Å². The van der Waals surface area contributed by atoms with Gasteiger partial charge in [-0.1, -0.05) is 97.3 Å². The Morgan fingerprint density at radius 2 is 0.839 bits per heavy atom. The van der Waals surface area contributed by atoms with E-state index in [-0.39, 0.29) is 5.97 Å². The summed E-state index contributed by atoms with van der Waals surface area (Å²) in [5, 5.41) is 0. The number of hydrogen-bond acceptors (Lipinski definition) is 5. The van der Waals surface area contributed by atoms with Gasteiger partial charge in [-0.15, -0.1) is 0 Å². The predicted octanol–water partition coefficient (Wildman–Crippen LogP) is 6.86. The lowest BCUT2D eigenvalue weighted by molar-refractivity contribution is -0.145. The summed E-state index contributed by atoms with van der Waals surface area (Å²) in [6.45, 7) is 8.39. The van der Waals surface area contributed by atoms with Crippen molar-refractivity contribution >= 4 is 5.97 Å². The molecule has 0 heterocycles. The van der Waals surface area contributed by atoms with Crippen LogP contribution in [-0.4, -0.2) is 52.2 Å². The summed E-state index contributed by atoms with van der Waals surface area (Å²) in [5.74, 6) is -0.109. The summed E-state index contributed by atoms with van der Waals surface area (Å²) >= 11 is 0. The van der Waals surface area contributed by atoms with E-state index in [1.165, 1.54) is 77.0 Å². The monoisotopic (exact) mass is 444 g/mol. The minimum Gasteiger partial charge on any atom is -0.463 e. The van der Waals surface area contributed by atoms with E-state index in [1.54, 1.807) is 0 Å². The minimum atomic E-state index is -0.109. The molecule has 0 atom stereocenters. The zero-order valence-corrected chi connectivity index (χ0v) is 20.8. The van der Waals surface area contributed by atoms with E-state index in [2.05, 4.69) is 13.8 Å². The highest BCUT2D eigenvalue weighted by Crippen LogP contribution is 2.09. The van der Waals surface area contributed by atoms with Gasteiger partial charge < -0.3 is 18.9 Å². The molecule has 0 spiro atoms. The highest BCUT2D eigenvalue weighted by Gasteiger charge is 2.02. The normalized spacial score (nSPS) is 11.2. The Kier molecular flexibility index (Phi) is 26.8. The first kappa shape index (κ1) is 30.4. The van der Waals surface area contributed by atoms with Gasteiger partial charge >= 0.3 is 5.97 Å². The maximum atomic E-state index is 11.6. The molecule has 5 nitrogen and oxygen atoms in total. The van der Waals surface area contributed by atoms with Gasteiger partial charge in [0.15, 0.2) is 0 Å². The summed E-state index contributed by atoms with van der Waals surface area (Å²) in [5.41, 5.74) is 0. The topological polar surface area (TPSA) is 54.0 Å². The Hall–Kier alpha value is -0.650. The maximum Gasteiger partial charge on any atom is 0.305 e. The van der Waals surface area contributed by atoms with Gasteiger partial charge in [0.05, 0.1) is 33.0 Å². The quantitative estimate of drug-likeness (QED) is 0.108. The number of carbonyl (C=O) groups excluding carboxylic acids is 1. The number of carbonyl (C=O) groups is 1. The second kappa shape index (κ2) is 27.4. The predicted molar refractivity (Wildman–Crippen MR) is 129 cm³/mol. The maximum absolute atomic E-state index is 11.6. The molecule has 0 unspecified atom stereocenters. The molecule has 0 rings (SSSR count). The molecule has 0 aromatic heterocycles. The first-order valence-electron chi connectivity index (χ1n) is 13.2. The summed E-state index contributed by atoms with van der Waals surface area (Å²) in [6, 6.07) is 0. The van der Waals surface area contributed by atoms with Crippen LogP contribution in [0.5, 0.6) is 0 Å². The Balaban J connectivity index is 3.11. The fourth-order valence-electron chi connectivity index (χ4n) is 3.39. The fourth-order valence-corrected chi connectivity index (χ4v) is 3.39. The van der Waals surface area contributed by atoms with E-state index in [0.29, 0.717) is 46.1 Å². The second-order valence-electron chi connectivity index (χ2n) is 8.40. The Morgan fingerprint density at radius 1 is 0.452 bits per heavy atom. The van der Waals surface area contributed by atoms with Crippen LogP contribution in [0.2, 0.25) is 0 Å². The van der Waals surface area contributed by atoms with Crippen LogP contribution < -0.4 is 0 Å². The van der Waals surface area contributed by atoms with Gasteiger partial charge in [0, 0.05) is 13.0 Å². The first-order chi connectivity index (χ1) is 15.3. The zero-order chi connectivity index (χ0) is 22.7. The third kappa shape index (κ3) is 27.3. The van der Waals surface area contributed by atoms with Crippen LogP contribution in [0.15, 0.2) is 0 Å². The molecule has 0 saturated carbocycles. The van der Waals surface area contributed by atoms with Crippen molar-refractivity contribution in [3.05, 3.63) is 0 Å². The molecule has 0 amide bonds. The molecule has 5 heteroatoms. The molecule has 31 heavy (non-hydrogen) atoms.